The van der Waals surface area contributed by atoms with Gasteiger partial charge < -0.3 is 15.9 Å². The van der Waals surface area contributed by atoms with Gasteiger partial charge in [-0.1, -0.05) is 24.3 Å². The van der Waals surface area contributed by atoms with Crippen molar-refractivity contribution in [1.82, 2.24) is 0 Å². The van der Waals surface area contributed by atoms with Crippen LogP contribution in [0.4, 0.5) is 5.69 Å². The minimum atomic E-state index is -1.16. The first-order valence-electron chi connectivity index (χ1n) is 5.01. The van der Waals surface area contributed by atoms with E-state index in [0.717, 1.165) is 0 Å². The number of nitrogens with two attached hydrogens (primary N) is 1. The first kappa shape index (κ1) is 11.0. The lowest BCUT2D eigenvalue weighted by molar-refractivity contribution is 0.0694. The highest BCUT2D eigenvalue weighted by atomic mass is 16.4. The SMILES string of the molecule is Nc1ccc(-c2cccc(O)c2C(=O)O)cc1. The Kier molecular flexibility index (Phi) is 2.70. The maximum atomic E-state index is 11.1. The van der Waals surface area contributed by atoms with E-state index in [2.05, 4.69) is 0 Å². The summed E-state index contributed by atoms with van der Waals surface area (Å²) in [5.74, 6) is -1.40. The lowest BCUT2D eigenvalue weighted by Crippen LogP contribution is -2.00. The van der Waals surface area contributed by atoms with Crippen LogP contribution in [-0.4, -0.2) is 16.2 Å². The van der Waals surface area contributed by atoms with Gasteiger partial charge in [0.2, 0.25) is 0 Å². The normalized spacial score (nSPS) is 10.1. The van der Waals surface area contributed by atoms with Crippen molar-refractivity contribution < 1.29 is 15.0 Å². The van der Waals surface area contributed by atoms with Crippen LogP contribution in [0.5, 0.6) is 5.75 Å². The first-order chi connectivity index (χ1) is 8.09. The molecule has 0 heterocycles. The number of nitrogen functional groups attached to an aromatic ring is 1. The molecular formula is C13H11NO3. The van der Waals surface area contributed by atoms with Crippen molar-refractivity contribution in [3.63, 3.8) is 0 Å². The number of carbonyl (C=O) groups is 1. The van der Waals surface area contributed by atoms with Crippen LogP contribution >= 0.6 is 0 Å². The van der Waals surface area contributed by atoms with Crippen LogP contribution in [-0.2, 0) is 0 Å². The van der Waals surface area contributed by atoms with Gasteiger partial charge in [0.05, 0.1) is 0 Å². The van der Waals surface area contributed by atoms with Gasteiger partial charge in [0.15, 0.2) is 0 Å². The summed E-state index contributed by atoms with van der Waals surface area (Å²) in [6.45, 7) is 0. The quantitative estimate of drug-likeness (QED) is 0.690. The molecule has 86 valence electrons. The van der Waals surface area contributed by atoms with Crippen LogP contribution in [0.3, 0.4) is 0 Å². The molecule has 0 aliphatic rings. The highest BCUT2D eigenvalue weighted by molar-refractivity contribution is 5.98. The second-order valence-corrected chi connectivity index (χ2v) is 3.63. The lowest BCUT2D eigenvalue weighted by Gasteiger charge is -2.08. The van der Waals surface area contributed by atoms with Crippen molar-refractivity contribution in [3.05, 3.63) is 48.0 Å². The van der Waals surface area contributed by atoms with Gasteiger partial charge in [-0.05, 0) is 29.3 Å². The zero-order valence-corrected chi connectivity index (χ0v) is 8.92. The van der Waals surface area contributed by atoms with E-state index in [1.807, 2.05) is 0 Å². The molecule has 0 amide bonds. The molecule has 0 spiro atoms. The third-order valence-electron chi connectivity index (χ3n) is 2.48. The third kappa shape index (κ3) is 2.06. The van der Waals surface area contributed by atoms with E-state index in [0.29, 0.717) is 16.8 Å². The van der Waals surface area contributed by atoms with Crippen molar-refractivity contribution >= 4 is 11.7 Å². The summed E-state index contributed by atoms with van der Waals surface area (Å²) in [5, 5.41) is 18.6. The molecule has 0 aliphatic carbocycles. The van der Waals surface area contributed by atoms with E-state index in [1.165, 1.54) is 6.07 Å². The summed E-state index contributed by atoms with van der Waals surface area (Å²) in [6.07, 6.45) is 0. The van der Waals surface area contributed by atoms with Gasteiger partial charge in [0, 0.05) is 5.69 Å². The van der Waals surface area contributed by atoms with Gasteiger partial charge in [0.1, 0.15) is 11.3 Å². The topological polar surface area (TPSA) is 83.5 Å². The molecule has 0 radical (unpaired) electrons. The molecule has 0 aliphatic heterocycles. The summed E-state index contributed by atoms with van der Waals surface area (Å²) in [4.78, 5) is 11.1. The molecule has 2 aromatic carbocycles. The Labute approximate surface area is 97.9 Å². The molecule has 17 heavy (non-hydrogen) atoms. The van der Waals surface area contributed by atoms with Gasteiger partial charge in [-0.3, -0.25) is 0 Å². The molecule has 2 aromatic rings. The highest BCUT2D eigenvalue weighted by Crippen LogP contribution is 2.30. The fraction of sp³-hybridized carbons (Fsp3) is 0. The molecule has 0 fully saturated rings. The number of hydrogen-bond donors (Lipinski definition) is 3. The number of carboxylic acid groups (broad SMARTS) is 1. The van der Waals surface area contributed by atoms with Crippen molar-refractivity contribution in [2.24, 2.45) is 0 Å². The van der Waals surface area contributed by atoms with E-state index >= 15 is 0 Å². The molecule has 0 unspecified atom stereocenters. The molecule has 0 saturated carbocycles. The highest BCUT2D eigenvalue weighted by Gasteiger charge is 2.15. The smallest absolute Gasteiger partial charge is 0.340 e. The Balaban J connectivity index is 2.63. The largest absolute Gasteiger partial charge is 0.507 e. The number of carboxylic acids is 1. The van der Waals surface area contributed by atoms with E-state index in [4.69, 9.17) is 10.8 Å². The Morgan fingerprint density at radius 3 is 2.29 bits per heavy atom. The van der Waals surface area contributed by atoms with E-state index < -0.39 is 5.97 Å². The van der Waals surface area contributed by atoms with Gasteiger partial charge >= 0.3 is 5.97 Å². The Morgan fingerprint density at radius 1 is 1.06 bits per heavy atom. The summed E-state index contributed by atoms with van der Waals surface area (Å²) < 4.78 is 0. The molecule has 0 saturated heterocycles. The van der Waals surface area contributed by atoms with E-state index in [-0.39, 0.29) is 11.3 Å². The lowest BCUT2D eigenvalue weighted by atomic mass is 9.99. The molecule has 0 atom stereocenters. The number of rotatable bonds is 2. The summed E-state index contributed by atoms with van der Waals surface area (Å²) in [7, 11) is 0. The van der Waals surface area contributed by atoms with Crippen LogP contribution in [0.1, 0.15) is 10.4 Å². The molecule has 4 N–H and O–H groups in total. The fourth-order valence-electron chi connectivity index (χ4n) is 1.67. The Bertz CT molecular complexity index is 561. The van der Waals surface area contributed by atoms with Crippen LogP contribution in [0, 0.1) is 0 Å². The third-order valence-corrected chi connectivity index (χ3v) is 2.48. The molecular weight excluding hydrogens is 218 g/mol. The number of hydrogen-bond acceptors (Lipinski definition) is 3. The van der Waals surface area contributed by atoms with Crippen LogP contribution in [0.15, 0.2) is 42.5 Å². The van der Waals surface area contributed by atoms with Crippen molar-refractivity contribution in [2.75, 3.05) is 5.73 Å². The monoisotopic (exact) mass is 229 g/mol. The average molecular weight is 229 g/mol. The number of benzene rings is 2. The standard InChI is InChI=1S/C13H11NO3/c14-9-6-4-8(5-7-9)10-2-1-3-11(15)12(10)13(16)17/h1-7,15H,14H2,(H,16,17). The zero-order chi connectivity index (χ0) is 12.4. The maximum Gasteiger partial charge on any atom is 0.340 e. The predicted octanol–water partition coefficient (Wildman–Crippen LogP) is 2.34. The minimum Gasteiger partial charge on any atom is -0.507 e. The summed E-state index contributed by atoms with van der Waals surface area (Å²) in [5.41, 5.74) is 7.24. The van der Waals surface area contributed by atoms with E-state index in [1.54, 1.807) is 36.4 Å². The van der Waals surface area contributed by atoms with Crippen molar-refractivity contribution in [2.45, 2.75) is 0 Å². The second kappa shape index (κ2) is 4.17. The molecule has 4 heteroatoms. The maximum absolute atomic E-state index is 11.1. The summed E-state index contributed by atoms with van der Waals surface area (Å²) in [6, 6.07) is 11.4. The predicted molar refractivity (Wildman–Crippen MR) is 64.9 cm³/mol. The molecule has 4 nitrogen and oxygen atoms in total. The van der Waals surface area contributed by atoms with Crippen molar-refractivity contribution in [3.8, 4) is 16.9 Å². The number of aromatic hydroxyl groups is 1. The molecule has 0 aromatic heterocycles. The van der Waals surface area contributed by atoms with Crippen molar-refractivity contribution in [1.29, 1.82) is 0 Å². The van der Waals surface area contributed by atoms with Crippen LogP contribution in [0.2, 0.25) is 0 Å². The first-order valence-corrected chi connectivity index (χ1v) is 5.01. The van der Waals surface area contributed by atoms with Gasteiger partial charge in [0.25, 0.3) is 0 Å². The van der Waals surface area contributed by atoms with Gasteiger partial charge in [-0.25, -0.2) is 4.79 Å². The van der Waals surface area contributed by atoms with Crippen LogP contribution < -0.4 is 5.73 Å². The van der Waals surface area contributed by atoms with Gasteiger partial charge in [-0.15, -0.1) is 0 Å². The number of anilines is 1. The van der Waals surface area contributed by atoms with Crippen LogP contribution in [0.25, 0.3) is 11.1 Å². The summed E-state index contributed by atoms with van der Waals surface area (Å²) >= 11 is 0. The Hall–Kier alpha value is -2.49. The Morgan fingerprint density at radius 2 is 1.71 bits per heavy atom. The van der Waals surface area contributed by atoms with E-state index in [9.17, 15) is 9.90 Å². The van der Waals surface area contributed by atoms with Gasteiger partial charge in [-0.2, -0.15) is 0 Å². The minimum absolute atomic E-state index is 0.0997. The average Bonchev–Trinajstić information content (AvgIpc) is 2.29. The number of aromatic carboxylic acids is 1. The zero-order valence-electron chi connectivity index (χ0n) is 8.92. The molecule has 0 bridgehead atoms. The molecule has 2 rings (SSSR count). The fourth-order valence-corrected chi connectivity index (χ4v) is 1.67. The number of phenols is 1. The second-order valence-electron chi connectivity index (χ2n) is 3.63.